The van der Waals surface area contributed by atoms with Crippen molar-refractivity contribution in [1.29, 1.82) is 0 Å². The lowest BCUT2D eigenvalue weighted by Gasteiger charge is -2.43. The predicted octanol–water partition coefficient (Wildman–Crippen LogP) is 2.89. The van der Waals surface area contributed by atoms with Crippen LogP contribution in [0.3, 0.4) is 0 Å². The Hall–Kier alpha value is -0.0800. The topological polar surface area (TPSA) is 15.3 Å². The summed E-state index contributed by atoms with van der Waals surface area (Å²) in [5.41, 5.74) is 0.471. The first-order valence-electron chi connectivity index (χ1n) is 7.53. The van der Waals surface area contributed by atoms with Gasteiger partial charge in [-0.1, -0.05) is 27.7 Å². The van der Waals surface area contributed by atoms with Gasteiger partial charge in [-0.2, -0.15) is 0 Å². The minimum absolute atomic E-state index is 0.471. The van der Waals surface area contributed by atoms with Gasteiger partial charge in [0.1, 0.15) is 0 Å². The molecule has 1 heterocycles. The van der Waals surface area contributed by atoms with Crippen LogP contribution in [0.2, 0.25) is 0 Å². The van der Waals surface area contributed by atoms with E-state index in [0.29, 0.717) is 5.41 Å². The molecule has 17 heavy (non-hydrogen) atoms. The van der Waals surface area contributed by atoms with Crippen LogP contribution in [0.15, 0.2) is 0 Å². The molecule has 1 aliphatic carbocycles. The largest absolute Gasteiger partial charge is 0.311 e. The van der Waals surface area contributed by atoms with E-state index in [9.17, 15) is 0 Å². The third-order valence-electron chi connectivity index (χ3n) is 4.81. The number of piperazine rings is 1. The highest BCUT2D eigenvalue weighted by atomic mass is 15.2. The van der Waals surface area contributed by atoms with Gasteiger partial charge in [0.25, 0.3) is 0 Å². The first kappa shape index (κ1) is 13.4. The monoisotopic (exact) mass is 238 g/mol. The minimum Gasteiger partial charge on any atom is -0.311 e. The van der Waals surface area contributed by atoms with Crippen LogP contribution in [0.1, 0.15) is 53.4 Å². The molecule has 1 saturated heterocycles. The molecule has 1 saturated carbocycles. The maximum atomic E-state index is 3.77. The van der Waals surface area contributed by atoms with Crippen LogP contribution in [0.5, 0.6) is 0 Å². The van der Waals surface area contributed by atoms with Gasteiger partial charge in [0.2, 0.25) is 0 Å². The molecule has 0 bridgehead atoms. The molecule has 0 amide bonds. The van der Waals surface area contributed by atoms with Crippen LogP contribution in [-0.4, -0.2) is 36.6 Å². The fraction of sp³-hybridized carbons (Fsp3) is 1.00. The van der Waals surface area contributed by atoms with Crippen LogP contribution < -0.4 is 5.32 Å². The molecule has 1 N–H and O–H groups in total. The summed E-state index contributed by atoms with van der Waals surface area (Å²) in [5.74, 6) is 0.986. The standard InChI is InChI=1S/C15H30N2/c1-5-13-9-16-14(12-7-8-12)10-17(13)11-15(3,4)6-2/h12-14,16H,5-11H2,1-4H3. The number of hydrogen-bond donors (Lipinski definition) is 1. The molecule has 2 fully saturated rings. The Labute approximate surface area is 107 Å². The molecule has 0 aromatic rings. The molecule has 2 heteroatoms. The minimum atomic E-state index is 0.471. The van der Waals surface area contributed by atoms with Gasteiger partial charge in [-0.25, -0.2) is 0 Å². The van der Waals surface area contributed by atoms with E-state index in [4.69, 9.17) is 0 Å². The SMILES string of the molecule is CCC1CNC(C2CC2)CN1CC(C)(C)CC. The first-order valence-corrected chi connectivity index (χ1v) is 7.53. The van der Waals surface area contributed by atoms with Crippen molar-refractivity contribution in [3.63, 3.8) is 0 Å². The van der Waals surface area contributed by atoms with Crippen molar-refractivity contribution >= 4 is 0 Å². The third kappa shape index (κ3) is 3.45. The molecule has 0 aromatic carbocycles. The molecule has 100 valence electrons. The Morgan fingerprint density at radius 2 is 1.94 bits per heavy atom. The summed E-state index contributed by atoms with van der Waals surface area (Å²) in [6.45, 7) is 13.2. The van der Waals surface area contributed by atoms with E-state index in [1.54, 1.807) is 0 Å². The maximum Gasteiger partial charge on any atom is 0.0224 e. The summed E-state index contributed by atoms with van der Waals surface area (Å²) >= 11 is 0. The van der Waals surface area contributed by atoms with Crippen molar-refractivity contribution in [2.24, 2.45) is 11.3 Å². The molecular weight excluding hydrogens is 208 g/mol. The number of rotatable bonds is 5. The van der Waals surface area contributed by atoms with Crippen LogP contribution in [-0.2, 0) is 0 Å². The molecule has 2 aliphatic rings. The third-order valence-corrected chi connectivity index (χ3v) is 4.81. The second kappa shape index (κ2) is 5.27. The Morgan fingerprint density at radius 1 is 1.24 bits per heavy atom. The molecule has 1 aliphatic heterocycles. The van der Waals surface area contributed by atoms with Crippen LogP contribution in [0, 0.1) is 11.3 Å². The van der Waals surface area contributed by atoms with Crippen molar-refractivity contribution in [1.82, 2.24) is 10.2 Å². The first-order chi connectivity index (χ1) is 8.05. The van der Waals surface area contributed by atoms with Crippen molar-refractivity contribution in [3.8, 4) is 0 Å². The summed E-state index contributed by atoms with van der Waals surface area (Å²) in [5, 5.41) is 3.77. The van der Waals surface area contributed by atoms with Gasteiger partial charge in [-0.3, -0.25) is 4.90 Å². The van der Waals surface area contributed by atoms with Gasteiger partial charge in [0, 0.05) is 31.7 Å². The summed E-state index contributed by atoms with van der Waals surface area (Å²) < 4.78 is 0. The van der Waals surface area contributed by atoms with Gasteiger partial charge >= 0.3 is 0 Å². The zero-order chi connectivity index (χ0) is 12.5. The molecule has 0 aromatic heterocycles. The summed E-state index contributed by atoms with van der Waals surface area (Å²) in [6, 6.07) is 1.54. The van der Waals surface area contributed by atoms with Gasteiger partial charge in [0.15, 0.2) is 0 Å². The maximum absolute atomic E-state index is 3.77. The van der Waals surface area contributed by atoms with E-state index >= 15 is 0 Å². The van der Waals surface area contributed by atoms with Crippen molar-refractivity contribution in [3.05, 3.63) is 0 Å². The second-order valence-corrected chi connectivity index (χ2v) is 6.86. The Balaban J connectivity index is 1.94. The number of nitrogens with zero attached hydrogens (tertiary/aromatic N) is 1. The number of hydrogen-bond acceptors (Lipinski definition) is 2. The van der Waals surface area contributed by atoms with Gasteiger partial charge in [-0.05, 0) is 37.0 Å². The highest BCUT2D eigenvalue weighted by Crippen LogP contribution is 2.35. The fourth-order valence-electron chi connectivity index (χ4n) is 2.95. The highest BCUT2D eigenvalue weighted by Gasteiger charge is 2.37. The molecular formula is C15H30N2. The lowest BCUT2D eigenvalue weighted by atomic mass is 9.88. The van der Waals surface area contributed by atoms with Gasteiger partial charge < -0.3 is 5.32 Å². The molecule has 0 spiro atoms. The Bertz CT molecular complexity index is 245. The van der Waals surface area contributed by atoms with Gasteiger partial charge in [-0.15, -0.1) is 0 Å². The zero-order valence-electron chi connectivity index (χ0n) is 12.1. The van der Waals surface area contributed by atoms with E-state index in [0.717, 1.165) is 18.0 Å². The van der Waals surface area contributed by atoms with Gasteiger partial charge in [0.05, 0.1) is 0 Å². The highest BCUT2D eigenvalue weighted by molar-refractivity contribution is 4.95. The lowest BCUT2D eigenvalue weighted by Crippen LogP contribution is -2.58. The summed E-state index contributed by atoms with van der Waals surface area (Å²) in [7, 11) is 0. The van der Waals surface area contributed by atoms with Crippen molar-refractivity contribution in [2.45, 2.75) is 65.5 Å². The average molecular weight is 238 g/mol. The quantitative estimate of drug-likeness (QED) is 0.792. The summed E-state index contributed by atoms with van der Waals surface area (Å²) in [4.78, 5) is 2.77. The van der Waals surface area contributed by atoms with E-state index in [-0.39, 0.29) is 0 Å². The van der Waals surface area contributed by atoms with Crippen LogP contribution in [0.25, 0.3) is 0 Å². The second-order valence-electron chi connectivity index (χ2n) is 6.86. The van der Waals surface area contributed by atoms with Crippen LogP contribution >= 0.6 is 0 Å². The molecule has 2 atom stereocenters. The van der Waals surface area contributed by atoms with E-state index < -0.39 is 0 Å². The molecule has 2 unspecified atom stereocenters. The van der Waals surface area contributed by atoms with E-state index in [1.807, 2.05) is 0 Å². The smallest absolute Gasteiger partial charge is 0.0224 e. The predicted molar refractivity (Wildman–Crippen MR) is 74.2 cm³/mol. The number of nitrogens with one attached hydrogen (secondary N) is 1. The normalized spacial score (nSPS) is 31.8. The Kier molecular flexibility index (Phi) is 4.14. The van der Waals surface area contributed by atoms with E-state index in [1.165, 1.54) is 45.3 Å². The van der Waals surface area contributed by atoms with E-state index in [2.05, 4.69) is 37.9 Å². The zero-order valence-corrected chi connectivity index (χ0v) is 12.1. The fourth-order valence-corrected chi connectivity index (χ4v) is 2.95. The molecule has 2 rings (SSSR count). The van der Waals surface area contributed by atoms with Crippen molar-refractivity contribution in [2.75, 3.05) is 19.6 Å². The Morgan fingerprint density at radius 3 is 2.47 bits per heavy atom. The molecule has 2 nitrogen and oxygen atoms in total. The van der Waals surface area contributed by atoms with Crippen molar-refractivity contribution < 1.29 is 0 Å². The molecule has 0 radical (unpaired) electrons. The average Bonchev–Trinajstić information content (AvgIpc) is 3.12. The lowest BCUT2D eigenvalue weighted by molar-refractivity contribution is 0.0751. The summed E-state index contributed by atoms with van der Waals surface area (Å²) in [6.07, 6.45) is 5.48. The van der Waals surface area contributed by atoms with Crippen LogP contribution in [0.4, 0.5) is 0 Å².